The highest BCUT2D eigenvalue weighted by molar-refractivity contribution is 9.09. The molecule has 4 nitrogen and oxygen atoms in total. The summed E-state index contributed by atoms with van der Waals surface area (Å²) in [6, 6.07) is 3.67. The molecule has 0 radical (unpaired) electrons. The van der Waals surface area contributed by atoms with Crippen LogP contribution in [0.2, 0.25) is 0 Å². The van der Waals surface area contributed by atoms with Crippen LogP contribution in [0.5, 0.6) is 0 Å². The Morgan fingerprint density at radius 2 is 2.12 bits per heavy atom. The van der Waals surface area contributed by atoms with Crippen molar-refractivity contribution in [2.75, 3.05) is 10.6 Å². The van der Waals surface area contributed by atoms with Crippen molar-refractivity contribution in [2.45, 2.75) is 6.42 Å². The Bertz CT molecular complexity index is 423. The van der Waals surface area contributed by atoms with Crippen LogP contribution in [0.4, 0.5) is 10.1 Å². The van der Waals surface area contributed by atoms with E-state index in [1.165, 1.54) is 12.1 Å². The van der Waals surface area contributed by atoms with Crippen molar-refractivity contribution >= 4 is 33.4 Å². The van der Waals surface area contributed by atoms with Gasteiger partial charge in [-0.15, -0.1) is 0 Å². The van der Waals surface area contributed by atoms with E-state index in [0.717, 1.165) is 6.07 Å². The number of anilines is 1. The van der Waals surface area contributed by atoms with Crippen LogP contribution in [-0.2, 0) is 4.79 Å². The highest BCUT2D eigenvalue weighted by Gasteiger charge is 2.10. The molecule has 0 saturated heterocycles. The molecule has 0 saturated carbocycles. The minimum Gasteiger partial charge on any atom is -0.366 e. The van der Waals surface area contributed by atoms with Crippen LogP contribution >= 0.6 is 15.9 Å². The number of rotatable bonds is 4. The number of benzene rings is 1. The van der Waals surface area contributed by atoms with Crippen molar-refractivity contribution in [3.63, 3.8) is 0 Å². The molecule has 0 heterocycles. The molecule has 0 bridgehead atoms. The van der Waals surface area contributed by atoms with E-state index in [1.807, 2.05) is 0 Å². The molecule has 0 fully saturated rings. The fraction of sp³-hybridized carbons (Fsp3) is 0.200. The first kappa shape index (κ1) is 12.6. The number of hydrogen-bond donors (Lipinski definition) is 2. The van der Waals surface area contributed by atoms with Crippen LogP contribution in [0.15, 0.2) is 18.2 Å². The predicted octanol–water partition coefficient (Wildman–Crippen LogP) is 1.65. The number of primary amides is 1. The molecule has 3 N–H and O–H groups in total. The summed E-state index contributed by atoms with van der Waals surface area (Å²) in [7, 11) is 0. The van der Waals surface area contributed by atoms with Gasteiger partial charge in [0.2, 0.25) is 5.91 Å². The molecule has 1 aromatic rings. The second kappa shape index (κ2) is 5.60. The van der Waals surface area contributed by atoms with Crippen molar-refractivity contribution in [3.05, 3.63) is 29.6 Å². The number of nitrogens with two attached hydrogens (primary N) is 1. The Labute approximate surface area is 100 Å². The molecular weight excluding hydrogens is 279 g/mol. The van der Waals surface area contributed by atoms with Crippen molar-refractivity contribution in [2.24, 2.45) is 5.73 Å². The minimum absolute atomic E-state index is 0.223. The van der Waals surface area contributed by atoms with E-state index in [-0.39, 0.29) is 11.5 Å². The zero-order valence-electron chi connectivity index (χ0n) is 8.30. The fourth-order valence-corrected chi connectivity index (χ4v) is 1.46. The van der Waals surface area contributed by atoms with Gasteiger partial charge in [0.1, 0.15) is 5.82 Å². The first-order valence-corrected chi connectivity index (χ1v) is 5.62. The van der Waals surface area contributed by atoms with Gasteiger partial charge in [0, 0.05) is 17.4 Å². The van der Waals surface area contributed by atoms with Crippen LogP contribution in [0.3, 0.4) is 0 Å². The van der Waals surface area contributed by atoms with Gasteiger partial charge in [-0.25, -0.2) is 4.39 Å². The van der Waals surface area contributed by atoms with Gasteiger partial charge in [-0.2, -0.15) is 0 Å². The number of alkyl halides is 1. The minimum atomic E-state index is -0.867. The van der Waals surface area contributed by atoms with Crippen LogP contribution in [0, 0.1) is 5.82 Å². The first-order valence-electron chi connectivity index (χ1n) is 4.49. The summed E-state index contributed by atoms with van der Waals surface area (Å²) in [5, 5.41) is 3.05. The standard InChI is InChI=1S/C10H10BrFN2O2/c11-4-3-9(15)14-6-1-2-8(12)7(5-6)10(13)16/h1-2,5H,3-4H2,(H2,13,16)(H,14,15). The second-order valence-electron chi connectivity index (χ2n) is 3.05. The lowest BCUT2D eigenvalue weighted by molar-refractivity contribution is -0.115. The number of carbonyl (C=O) groups is 2. The summed E-state index contributed by atoms with van der Waals surface area (Å²) in [5.74, 6) is -1.79. The molecule has 0 spiro atoms. The van der Waals surface area contributed by atoms with Crippen LogP contribution in [-0.4, -0.2) is 17.1 Å². The van der Waals surface area contributed by atoms with Crippen LogP contribution < -0.4 is 11.1 Å². The Morgan fingerprint density at radius 3 is 2.69 bits per heavy atom. The number of carbonyl (C=O) groups excluding carboxylic acids is 2. The summed E-state index contributed by atoms with van der Waals surface area (Å²) in [4.78, 5) is 22.1. The summed E-state index contributed by atoms with van der Waals surface area (Å²) >= 11 is 3.12. The van der Waals surface area contributed by atoms with E-state index >= 15 is 0 Å². The Balaban J connectivity index is 2.87. The molecule has 0 aliphatic rings. The normalized spacial score (nSPS) is 9.88. The molecule has 0 aliphatic carbocycles. The average molecular weight is 289 g/mol. The fourth-order valence-electron chi connectivity index (χ4n) is 1.10. The van der Waals surface area contributed by atoms with Gasteiger partial charge < -0.3 is 11.1 Å². The lowest BCUT2D eigenvalue weighted by Gasteiger charge is -2.05. The van der Waals surface area contributed by atoms with Gasteiger partial charge in [0.05, 0.1) is 5.56 Å². The molecular formula is C10H10BrFN2O2. The third-order valence-electron chi connectivity index (χ3n) is 1.84. The topological polar surface area (TPSA) is 72.2 Å². The van der Waals surface area contributed by atoms with Crippen molar-refractivity contribution in [1.29, 1.82) is 0 Å². The SMILES string of the molecule is NC(=O)c1cc(NC(=O)CCBr)ccc1F. The lowest BCUT2D eigenvalue weighted by Crippen LogP contribution is -2.15. The molecule has 0 aromatic heterocycles. The summed E-state index contributed by atoms with van der Waals surface area (Å²) in [6.07, 6.45) is 0.295. The number of halogens is 2. The second-order valence-corrected chi connectivity index (χ2v) is 3.84. The van der Waals surface area contributed by atoms with Gasteiger partial charge in [-0.1, -0.05) is 15.9 Å². The smallest absolute Gasteiger partial charge is 0.251 e. The maximum Gasteiger partial charge on any atom is 0.251 e. The highest BCUT2D eigenvalue weighted by Crippen LogP contribution is 2.14. The van der Waals surface area contributed by atoms with Gasteiger partial charge >= 0.3 is 0 Å². The summed E-state index contributed by atoms with van der Waals surface area (Å²) < 4.78 is 13.1. The molecule has 1 rings (SSSR count). The molecule has 0 aliphatic heterocycles. The monoisotopic (exact) mass is 288 g/mol. The van der Waals surface area contributed by atoms with E-state index < -0.39 is 11.7 Å². The number of amides is 2. The van der Waals surface area contributed by atoms with Crippen molar-refractivity contribution < 1.29 is 14.0 Å². The largest absolute Gasteiger partial charge is 0.366 e. The summed E-state index contributed by atoms with van der Waals surface area (Å²) in [5.41, 5.74) is 5.08. The maximum absolute atomic E-state index is 13.1. The molecule has 86 valence electrons. The van der Waals surface area contributed by atoms with Gasteiger partial charge in [0.15, 0.2) is 0 Å². The van der Waals surface area contributed by atoms with E-state index in [0.29, 0.717) is 17.4 Å². The van der Waals surface area contributed by atoms with Crippen LogP contribution in [0.25, 0.3) is 0 Å². The first-order chi connectivity index (χ1) is 7.54. The van der Waals surface area contributed by atoms with Crippen LogP contribution in [0.1, 0.15) is 16.8 Å². The van der Waals surface area contributed by atoms with Gasteiger partial charge in [0.25, 0.3) is 5.91 Å². The average Bonchev–Trinajstić information content (AvgIpc) is 2.21. The molecule has 2 amide bonds. The molecule has 16 heavy (non-hydrogen) atoms. The molecule has 0 atom stereocenters. The zero-order valence-corrected chi connectivity index (χ0v) is 9.88. The predicted molar refractivity (Wildman–Crippen MR) is 62.0 cm³/mol. The van der Waals surface area contributed by atoms with Gasteiger partial charge in [-0.05, 0) is 18.2 Å². The lowest BCUT2D eigenvalue weighted by atomic mass is 10.1. The number of hydrogen-bond acceptors (Lipinski definition) is 2. The van der Waals surface area contributed by atoms with Gasteiger partial charge in [-0.3, -0.25) is 9.59 Å². The van der Waals surface area contributed by atoms with Crippen molar-refractivity contribution in [1.82, 2.24) is 0 Å². The maximum atomic E-state index is 13.1. The molecule has 0 unspecified atom stereocenters. The number of nitrogens with one attached hydrogen (secondary N) is 1. The van der Waals surface area contributed by atoms with E-state index in [1.54, 1.807) is 0 Å². The zero-order chi connectivity index (χ0) is 12.1. The van der Waals surface area contributed by atoms with E-state index in [9.17, 15) is 14.0 Å². The third-order valence-corrected chi connectivity index (χ3v) is 2.23. The Morgan fingerprint density at radius 1 is 1.44 bits per heavy atom. The molecule has 6 heteroatoms. The Hall–Kier alpha value is -1.43. The van der Waals surface area contributed by atoms with E-state index in [2.05, 4.69) is 21.2 Å². The quantitative estimate of drug-likeness (QED) is 0.827. The summed E-state index contributed by atoms with van der Waals surface area (Å²) in [6.45, 7) is 0. The van der Waals surface area contributed by atoms with Crippen molar-refractivity contribution in [3.8, 4) is 0 Å². The highest BCUT2D eigenvalue weighted by atomic mass is 79.9. The third kappa shape index (κ3) is 3.30. The van der Waals surface area contributed by atoms with E-state index in [4.69, 9.17) is 5.73 Å². The molecule has 1 aromatic carbocycles. The Kier molecular flexibility index (Phi) is 4.42.